The van der Waals surface area contributed by atoms with Crippen LogP contribution in [-0.4, -0.2) is 18.6 Å². The van der Waals surface area contributed by atoms with Crippen LogP contribution in [0.5, 0.6) is 0 Å². The minimum absolute atomic E-state index is 0.700. The summed E-state index contributed by atoms with van der Waals surface area (Å²) in [6.07, 6.45) is 6.49. The van der Waals surface area contributed by atoms with Gasteiger partial charge in [0, 0.05) is 35.9 Å². The van der Waals surface area contributed by atoms with Crippen LogP contribution in [0.2, 0.25) is 5.02 Å². The first kappa shape index (κ1) is 13.3. The van der Waals surface area contributed by atoms with Gasteiger partial charge in [0.25, 0.3) is 0 Å². The highest BCUT2D eigenvalue weighted by Crippen LogP contribution is 2.31. The fourth-order valence-electron chi connectivity index (χ4n) is 3.00. The first-order chi connectivity index (χ1) is 9.28. The lowest BCUT2D eigenvalue weighted by Gasteiger charge is -2.26. The Labute approximate surface area is 121 Å². The summed E-state index contributed by atoms with van der Waals surface area (Å²) in [6, 6.07) is 8.02. The molecular formula is C16H23ClN2. The molecule has 3 rings (SSSR count). The average Bonchev–Trinajstić information content (AvgIpc) is 3.12. The van der Waals surface area contributed by atoms with E-state index in [2.05, 4.69) is 35.3 Å². The van der Waals surface area contributed by atoms with E-state index in [0.29, 0.717) is 6.04 Å². The second-order valence-corrected chi connectivity index (χ2v) is 6.24. The zero-order valence-electron chi connectivity index (χ0n) is 11.7. The molecule has 1 saturated heterocycles. The average molecular weight is 279 g/mol. The van der Waals surface area contributed by atoms with Gasteiger partial charge in [0.2, 0.25) is 0 Å². The molecule has 2 aliphatic rings. The van der Waals surface area contributed by atoms with Crippen LogP contribution in [0.25, 0.3) is 0 Å². The van der Waals surface area contributed by atoms with E-state index < -0.39 is 0 Å². The van der Waals surface area contributed by atoms with E-state index in [0.717, 1.165) is 17.6 Å². The maximum Gasteiger partial charge on any atom is 0.0471 e. The molecule has 1 unspecified atom stereocenters. The molecule has 1 N–H and O–H groups in total. The SMILES string of the molecule is CCC1CCCN1c1ccc(CNC2CC2)c(Cl)c1. The Morgan fingerprint density at radius 1 is 1.32 bits per heavy atom. The summed E-state index contributed by atoms with van der Waals surface area (Å²) >= 11 is 6.44. The minimum Gasteiger partial charge on any atom is -0.369 e. The summed E-state index contributed by atoms with van der Waals surface area (Å²) in [7, 11) is 0. The Balaban J connectivity index is 1.70. The zero-order chi connectivity index (χ0) is 13.2. The van der Waals surface area contributed by atoms with E-state index in [9.17, 15) is 0 Å². The largest absolute Gasteiger partial charge is 0.369 e. The van der Waals surface area contributed by atoms with Gasteiger partial charge in [-0.15, -0.1) is 0 Å². The molecule has 19 heavy (non-hydrogen) atoms. The van der Waals surface area contributed by atoms with E-state index in [1.165, 1.54) is 49.9 Å². The van der Waals surface area contributed by atoms with Gasteiger partial charge in [-0.2, -0.15) is 0 Å². The maximum absolute atomic E-state index is 6.44. The van der Waals surface area contributed by atoms with Crippen LogP contribution in [-0.2, 0) is 6.54 Å². The Hall–Kier alpha value is -0.730. The number of nitrogens with one attached hydrogen (secondary N) is 1. The number of halogens is 1. The van der Waals surface area contributed by atoms with E-state index in [1.807, 2.05) is 0 Å². The molecule has 2 fully saturated rings. The molecule has 3 heteroatoms. The van der Waals surface area contributed by atoms with Crippen LogP contribution >= 0.6 is 11.6 Å². The van der Waals surface area contributed by atoms with Gasteiger partial charge in [-0.05, 0) is 49.8 Å². The quantitative estimate of drug-likeness (QED) is 0.877. The molecule has 1 saturated carbocycles. The fraction of sp³-hybridized carbons (Fsp3) is 0.625. The first-order valence-corrected chi connectivity index (χ1v) is 7.94. The van der Waals surface area contributed by atoms with Crippen molar-refractivity contribution in [3.8, 4) is 0 Å². The third-order valence-electron chi connectivity index (χ3n) is 4.38. The molecule has 0 radical (unpaired) electrons. The Kier molecular flexibility index (Phi) is 3.99. The highest BCUT2D eigenvalue weighted by Gasteiger charge is 2.24. The van der Waals surface area contributed by atoms with Crippen LogP contribution in [0, 0.1) is 0 Å². The first-order valence-electron chi connectivity index (χ1n) is 7.56. The summed E-state index contributed by atoms with van der Waals surface area (Å²) < 4.78 is 0. The second-order valence-electron chi connectivity index (χ2n) is 5.83. The normalized spacial score (nSPS) is 23.1. The third-order valence-corrected chi connectivity index (χ3v) is 4.73. The topological polar surface area (TPSA) is 15.3 Å². The molecule has 1 aliphatic carbocycles. The van der Waals surface area contributed by atoms with E-state index >= 15 is 0 Å². The lowest BCUT2D eigenvalue weighted by molar-refractivity contribution is 0.645. The number of nitrogens with zero attached hydrogens (tertiary/aromatic N) is 1. The van der Waals surface area contributed by atoms with Crippen molar-refractivity contribution in [1.29, 1.82) is 0 Å². The van der Waals surface area contributed by atoms with Crippen molar-refractivity contribution in [3.05, 3.63) is 28.8 Å². The van der Waals surface area contributed by atoms with Crippen molar-refractivity contribution in [2.24, 2.45) is 0 Å². The van der Waals surface area contributed by atoms with Crippen LogP contribution in [0.1, 0.15) is 44.6 Å². The number of anilines is 1. The molecule has 1 aliphatic heterocycles. The molecule has 0 spiro atoms. The fourth-order valence-corrected chi connectivity index (χ4v) is 3.24. The summed E-state index contributed by atoms with van der Waals surface area (Å²) in [5, 5.41) is 4.43. The monoisotopic (exact) mass is 278 g/mol. The van der Waals surface area contributed by atoms with Crippen LogP contribution < -0.4 is 10.2 Å². The summed E-state index contributed by atoms with van der Waals surface area (Å²) in [5.74, 6) is 0. The predicted octanol–water partition coefficient (Wildman–Crippen LogP) is 3.97. The molecule has 1 atom stereocenters. The van der Waals surface area contributed by atoms with Crippen LogP contribution in [0.15, 0.2) is 18.2 Å². The van der Waals surface area contributed by atoms with Crippen molar-refractivity contribution < 1.29 is 0 Å². The molecule has 1 aromatic carbocycles. The zero-order valence-corrected chi connectivity index (χ0v) is 12.4. The number of rotatable bonds is 5. The smallest absolute Gasteiger partial charge is 0.0471 e. The van der Waals surface area contributed by atoms with Crippen molar-refractivity contribution in [2.45, 2.75) is 57.7 Å². The Morgan fingerprint density at radius 2 is 2.16 bits per heavy atom. The van der Waals surface area contributed by atoms with Crippen molar-refractivity contribution in [3.63, 3.8) is 0 Å². The summed E-state index contributed by atoms with van der Waals surface area (Å²) in [5.41, 5.74) is 2.52. The molecule has 1 aromatic rings. The highest BCUT2D eigenvalue weighted by atomic mass is 35.5. The molecular weight excluding hydrogens is 256 g/mol. The molecule has 0 amide bonds. The van der Waals surface area contributed by atoms with Gasteiger partial charge in [-0.3, -0.25) is 0 Å². The highest BCUT2D eigenvalue weighted by molar-refractivity contribution is 6.31. The van der Waals surface area contributed by atoms with Gasteiger partial charge in [0.15, 0.2) is 0 Å². The third kappa shape index (κ3) is 3.06. The van der Waals surface area contributed by atoms with Gasteiger partial charge in [0.05, 0.1) is 0 Å². The number of hydrogen-bond donors (Lipinski definition) is 1. The molecule has 1 heterocycles. The molecule has 104 valence electrons. The lowest BCUT2D eigenvalue weighted by atomic mass is 10.1. The van der Waals surface area contributed by atoms with E-state index in [4.69, 9.17) is 11.6 Å². The van der Waals surface area contributed by atoms with Crippen LogP contribution in [0.4, 0.5) is 5.69 Å². The van der Waals surface area contributed by atoms with Gasteiger partial charge in [0.1, 0.15) is 0 Å². The molecule has 0 aromatic heterocycles. The van der Waals surface area contributed by atoms with Crippen LogP contribution in [0.3, 0.4) is 0 Å². The van der Waals surface area contributed by atoms with Gasteiger partial charge in [-0.25, -0.2) is 0 Å². The van der Waals surface area contributed by atoms with Gasteiger partial charge in [-0.1, -0.05) is 24.6 Å². The van der Waals surface area contributed by atoms with E-state index in [-0.39, 0.29) is 0 Å². The number of hydrogen-bond acceptors (Lipinski definition) is 2. The summed E-state index contributed by atoms with van der Waals surface area (Å²) in [4.78, 5) is 2.52. The maximum atomic E-state index is 6.44. The summed E-state index contributed by atoms with van der Waals surface area (Å²) in [6.45, 7) is 4.36. The Bertz CT molecular complexity index is 442. The molecule has 2 nitrogen and oxygen atoms in total. The lowest BCUT2D eigenvalue weighted by Crippen LogP contribution is -2.28. The second kappa shape index (κ2) is 5.72. The van der Waals surface area contributed by atoms with Crippen molar-refractivity contribution >= 4 is 17.3 Å². The Morgan fingerprint density at radius 3 is 2.84 bits per heavy atom. The van der Waals surface area contributed by atoms with Gasteiger partial charge >= 0.3 is 0 Å². The minimum atomic E-state index is 0.700. The van der Waals surface area contributed by atoms with Gasteiger partial charge < -0.3 is 10.2 Å². The standard InChI is InChI=1S/C16H23ClN2/c1-2-14-4-3-9-19(14)15-8-5-12(16(17)10-15)11-18-13-6-7-13/h5,8,10,13-14,18H,2-4,6-7,9,11H2,1H3. The molecule has 0 bridgehead atoms. The van der Waals surface area contributed by atoms with Crippen molar-refractivity contribution in [2.75, 3.05) is 11.4 Å². The van der Waals surface area contributed by atoms with E-state index in [1.54, 1.807) is 0 Å². The predicted molar refractivity (Wildman–Crippen MR) is 82.0 cm³/mol. The number of benzene rings is 1. The van der Waals surface area contributed by atoms with Crippen molar-refractivity contribution in [1.82, 2.24) is 5.32 Å².